The van der Waals surface area contributed by atoms with Gasteiger partial charge in [0.15, 0.2) is 5.69 Å². The number of aromatic amines is 1. The lowest BCUT2D eigenvalue weighted by Crippen LogP contribution is -2.43. The first-order valence-corrected chi connectivity index (χ1v) is 11.7. The van der Waals surface area contributed by atoms with E-state index in [0.717, 1.165) is 5.56 Å². The summed E-state index contributed by atoms with van der Waals surface area (Å²) < 4.78 is 5.15. The molecule has 1 fully saturated rings. The van der Waals surface area contributed by atoms with Gasteiger partial charge in [-0.1, -0.05) is 35.3 Å². The summed E-state index contributed by atoms with van der Waals surface area (Å²) >= 11 is 12.3. The fraction of sp³-hybridized carbons (Fsp3) is 0.333. The summed E-state index contributed by atoms with van der Waals surface area (Å²) in [6.45, 7) is 2.89. The molecule has 1 saturated heterocycles. The Hall–Kier alpha value is -3.10. The second-order valence-electron chi connectivity index (χ2n) is 8.23. The van der Waals surface area contributed by atoms with Gasteiger partial charge in [-0.3, -0.25) is 14.7 Å². The quantitative estimate of drug-likeness (QED) is 0.517. The van der Waals surface area contributed by atoms with Crippen LogP contribution in [0.5, 0.6) is 5.88 Å². The lowest BCUT2D eigenvalue weighted by atomic mass is 9.95. The number of ether oxygens (including phenoxy) is 1. The molecule has 10 heteroatoms. The lowest BCUT2D eigenvalue weighted by Gasteiger charge is -2.31. The van der Waals surface area contributed by atoms with Crippen LogP contribution in [0.3, 0.4) is 0 Å². The number of methoxy groups -OCH3 is 1. The zero-order valence-corrected chi connectivity index (χ0v) is 20.4. The highest BCUT2D eigenvalue weighted by Crippen LogP contribution is 2.29. The molecule has 1 aliphatic rings. The number of amides is 2. The Labute approximate surface area is 207 Å². The Kier molecular flexibility index (Phi) is 7.38. The highest BCUT2D eigenvalue weighted by Gasteiger charge is 2.29. The number of pyridine rings is 1. The van der Waals surface area contributed by atoms with Crippen LogP contribution >= 0.6 is 23.2 Å². The van der Waals surface area contributed by atoms with Crippen LogP contribution < -0.4 is 10.1 Å². The maximum atomic E-state index is 13.0. The number of benzene rings is 1. The molecule has 0 spiro atoms. The van der Waals surface area contributed by atoms with Gasteiger partial charge in [0.2, 0.25) is 11.8 Å². The summed E-state index contributed by atoms with van der Waals surface area (Å²) in [7, 11) is 1.52. The summed E-state index contributed by atoms with van der Waals surface area (Å²) in [6, 6.07) is 10.6. The van der Waals surface area contributed by atoms with Crippen molar-refractivity contribution in [2.75, 3.05) is 20.2 Å². The van der Waals surface area contributed by atoms with E-state index in [4.69, 9.17) is 27.9 Å². The Morgan fingerprint density at radius 2 is 1.97 bits per heavy atom. The van der Waals surface area contributed by atoms with Crippen LogP contribution in [0.15, 0.2) is 42.6 Å². The summed E-state index contributed by atoms with van der Waals surface area (Å²) in [5.41, 5.74) is 2.48. The predicted octanol–water partition coefficient (Wildman–Crippen LogP) is 4.52. The minimum Gasteiger partial charge on any atom is -0.481 e. The molecule has 178 valence electrons. The van der Waals surface area contributed by atoms with Gasteiger partial charge >= 0.3 is 0 Å². The highest BCUT2D eigenvalue weighted by atomic mass is 35.5. The molecule has 1 atom stereocenters. The molecule has 0 saturated carbocycles. The number of likely N-dealkylation sites (tertiary alicyclic amines) is 1. The maximum absolute atomic E-state index is 13.0. The zero-order valence-electron chi connectivity index (χ0n) is 18.8. The fourth-order valence-corrected chi connectivity index (χ4v) is 4.41. The normalized spacial score (nSPS) is 15.1. The second kappa shape index (κ2) is 10.4. The largest absolute Gasteiger partial charge is 0.481 e. The third-order valence-corrected chi connectivity index (χ3v) is 6.52. The van der Waals surface area contributed by atoms with E-state index in [1.165, 1.54) is 13.3 Å². The second-order valence-corrected chi connectivity index (χ2v) is 9.07. The lowest BCUT2D eigenvalue weighted by molar-refractivity contribution is -0.127. The van der Waals surface area contributed by atoms with Crippen molar-refractivity contribution in [1.82, 2.24) is 25.4 Å². The van der Waals surface area contributed by atoms with E-state index in [0.29, 0.717) is 58.8 Å². The average molecular weight is 502 g/mol. The van der Waals surface area contributed by atoms with Gasteiger partial charge in [-0.25, -0.2) is 4.98 Å². The zero-order chi connectivity index (χ0) is 24.2. The molecular formula is C24H25Cl2N5O3. The van der Waals surface area contributed by atoms with Crippen molar-refractivity contribution in [2.45, 2.75) is 25.8 Å². The van der Waals surface area contributed by atoms with Crippen LogP contribution in [0, 0.1) is 5.92 Å². The molecule has 1 aliphatic heterocycles. The number of carbonyl (C=O) groups excluding carboxylic acids is 2. The van der Waals surface area contributed by atoms with Gasteiger partial charge in [-0.05, 0) is 43.5 Å². The minimum absolute atomic E-state index is 0.0112. The molecule has 1 aromatic carbocycles. The Balaban J connectivity index is 1.35. The molecule has 0 bridgehead atoms. The maximum Gasteiger partial charge on any atom is 0.274 e. The van der Waals surface area contributed by atoms with Gasteiger partial charge in [0.1, 0.15) is 0 Å². The van der Waals surface area contributed by atoms with E-state index >= 15 is 0 Å². The van der Waals surface area contributed by atoms with Crippen molar-refractivity contribution in [2.24, 2.45) is 5.92 Å². The Bertz CT molecular complexity index is 1190. The van der Waals surface area contributed by atoms with Gasteiger partial charge in [0.25, 0.3) is 5.91 Å². The van der Waals surface area contributed by atoms with Crippen LogP contribution in [-0.2, 0) is 4.79 Å². The van der Waals surface area contributed by atoms with Crippen molar-refractivity contribution >= 4 is 35.0 Å². The van der Waals surface area contributed by atoms with E-state index in [-0.39, 0.29) is 23.8 Å². The number of nitrogens with one attached hydrogen (secondary N) is 2. The number of hydrogen-bond donors (Lipinski definition) is 2. The van der Waals surface area contributed by atoms with Gasteiger partial charge in [-0.15, -0.1) is 0 Å². The molecule has 2 N–H and O–H groups in total. The number of rotatable bonds is 6. The van der Waals surface area contributed by atoms with E-state index in [9.17, 15) is 9.59 Å². The number of carbonyl (C=O) groups is 2. The van der Waals surface area contributed by atoms with Crippen LogP contribution in [0.25, 0.3) is 11.3 Å². The van der Waals surface area contributed by atoms with Crippen molar-refractivity contribution < 1.29 is 14.3 Å². The van der Waals surface area contributed by atoms with Gasteiger partial charge in [-0.2, -0.15) is 5.10 Å². The molecule has 3 heterocycles. The summed E-state index contributed by atoms with van der Waals surface area (Å²) in [6.07, 6.45) is 2.66. The van der Waals surface area contributed by atoms with Crippen LogP contribution in [-0.4, -0.2) is 52.1 Å². The first-order valence-electron chi connectivity index (χ1n) is 11.0. The van der Waals surface area contributed by atoms with Crippen LogP contribution in [0.1, 0.15) is 41.9 Å². The average Bonchev–Trinajstić information content (AvgIpc) is 3.34. The molecule has 0 radical (unpaired) electrons. The van der Waals surface area contributed by atoms with Crippen molar-refractivity contribution in [1.29, 1.82) is 0 Å². The summed E-state index contributed by atoms with van der Waals surface area (Å²) in [4.78, 5) is 31.5. The van der Waals surface area contributed by atoms with Gasteiger partial charge in [0, 0.05) is 35.7 Å². The van der Waals surface area contributed by atoms with E-state index in [2.05, 4.69) is 20.5 Å². The molecule has 0 aliphatic carbocycles. The van der Waals surface area contributed by atoms with E-state index < -0.39 is 0 Å². The first-order chi connectivity index (χ1) is 16.4. The number of aromatic nitrogens is 3. The highest BCUT2D eigenvalue weighted by molar-refractivity contribution is 6.33. The van der Waals surface area contributed by atoms with Crippen molar-refractivity contribution in [3.05, 3.63) is 63.9 Å². The number of H-pyrrole nitrogens is 1. The molecular weight excluding hydrogens is 477 g/mol. The van der Waals surface area contributed by atoms with Gasteiger partial charge < -0.3 is 15.0 Å². The summed E-state index contributed by atoms with van der Waals surface area (Å²) in [5.74, 6) is 0.0594. The summed E-state index contributed by atoms with van der Waals surface area (Å²) in [5, 5.41) is 11.1. The van der Waals surface area contributed by atoms with Crippen LogP contribution in [0.2, 0.25) is 10.0 Å². The smallest absolute Gasteiger partial charge is 0.274 e. The third kappa shape index (κ3) is 5.34. The number of piperidine rings is 1. The SMILES string of the molecule is COc1cc(-c2cc(C(=O)N3CCC(C(=O)N[C@@H](C)c4cccc(Cl)c4)CC3)n[nH]2)c(Cl)cn1. The van der Waals surface area contributed by atoms with Crippen molar-refractivity contribution in [3.63, 3.8) is 0 Å². The fourth-order valence-electron chi connectivity index (χ4n) is 4.00. The van der Waals surface area contributed by atoms with E-state index in [1.807, 2.05) is 25.1 Å². The molecule has 8 nitrogen and oxygen atoms in total. The van der Waals surface area contributed by atoms with Crippen LogP contribution in [0.4, 0.5) is 0 Å². The Morgan fingerprint density at radius 1 is 1.21 bits per heavy atom. The monoisotopic (exact) mass is 501 g/mol. The molecule has 2 amide bonds. The molecule has 3 aromatic rings. The minimum atomic E-state index is -0.189. The third-order valence-electron chi connectivity index (χ3n) is 5.99. The number of hydrogen-bond acceptors (Lipinski definition) is 5. The van der Waals surface area contributed by atoms with E-state index in [1.54, 1.807) is 23.1 Å². The topological polar surface area (TPSA) is 100 Å². The molecule has 34 heavy (non-hydrogen) atoms. The molecule has 0 unspecified atom stereocenters. The molecule has 2 aromatic heterocycles. The van der Waals surface area contributed by atoms with Gasteiger partial charge in [0.05, 0.1) is 30.1 Å². The number of nitrogens with zero attached hydrogens (tertiary/aromatic N) is 3. The number of halogens is 2. The molecule has 4 rings (SSSR count). The standard InChI is InChI=1S/C24H25Cl2N5O3/c1-14(16-4-3-5-17(25)10-16)28-23(32)15-6-8-31(9-7-15)24(33)21-12-20(29-30-21)18-11-22(34-2)27-13-19(18)26/h3-5,10-15H,6-9H2,1-2H3,(H,28,32)(H,29,30)/t14-/m0/s1. The Morgan fingerprint density at radius 3 is 2.68 bits per heavy atom. The first kappa shape index (κ1) is 24.0. The predicted molar refractivity (Wildman–Crippen MR) is 130 cm³/mol. The van der Waals surface area contributed by atoms with Crippen molar-refractivity contribution in [3.8, 4) is 17.1 Å².